The van der Waals surface area contributed by atoms with Crippen LogP contribution in [-0.2, 0) is 39.3 Å². The van der Waals surface area contributed by atoms with Crippen LogP contribution in [0, 0.1) is 17.7 Å². The van der Waals surface area contributed by atoms with E-state index in [0.717, 1.165) is 12.1 Å². The number of halogens is 3. The second-order valence-corrected chi connectivity index (χ2v) is 6.01. The molecule has 0 bridgehead atoms. The van der Waals surface area contributed by atoms with Crippen LogP contribution >= 0.6 is 27.7 Å². The first-order valence-electron chi connectivity index (χ1n) is 6.41. The van der Waals surface area contributed by atoms with E-state index in [2.05, 4.69) is 22.0 Å². The Hall–Kier alpha value is -0.236. The third-order valence-corrected chi connectivity index (χ3v) is 3.89. The topological polar surface area (TPSA) is 31.2 Å². The monoisotopic (exact) mass is 477 g/mol. The average Bonchev–Trinajstić information content (AvgIpc) is 2.48. The van der Waals surface area contributed by atoms with Gasteiger partial charge in [0, 0.05) is 51.4 Å². The molecule has 23 heavy (non-hydrogen) atoms. The zero-order valence-corrected chi connectivity index (χ0v) is 17.8. The Labute approximate surface area is 170 Å². The van der Waals surface area contributed by atoms with Gasteiger partial charge in [-0.3, -0.25) is 4.79 Å². The van der Waals surface area contributed by atoms with Crippen molar-refractivity contribution in [2.45, 2.75) is 13.5 Å². The predicted octanol–water partition coefficient (Wildman–Crippen LogP) is 4.07. The van der Waals surface area contributed by atoms with Gasteiger partial charge < -0.3 is 9.30 Å². The van der Waals surface area contributed by atoms with Crippen LogP contribution in [0.4, 0.5) is 8.78 Å². The molecule has 8 heteroatoms. The number of rotatable bonds is 5. The summed E-state index contributed by atoms with van der Waals surface area (Å²) in [4.78, 5) is 12.0. The maximum absolute atomic E-state index is 14.3. The Balaban J connectivity index is 0.00000264. The number of hydrogen-bond acceptors (Lipinski definition) is 3. The molecule has 1 radical (unpaired) electrons. The molecule has 0 saturated heterocycles. The Morgan fingerprint density at radius 1 is 1.35 bits per heavy atom. The number of ether oxygens (including phenoxy) is 1. The fraction of sp³-hybridized carbons (Fsp3) is 0.267. The van der Waals surface area contributed by atoms with Gasteiger partial charge in [0.2, 0.25) is 5.56 Å². The van der Waals surface area contributed by atoms with Crippen LogP contribution in [0.1, 0.15) is 6.92 Å². The summed E-state index contributed by atoms with van der Waals surface area (Å²) in [6.45, 7) is 1.99. The number of thioether (sulfide) groups is 1. The van der Waals surface area contributed by atoms with Gasteiger partial charge >= 0.3 is 0 Å². The van der Waals surface area contributed by atoms with Crippen molar-refractivity contribution in [1.82, 2.24) is 4.57 Å². The number of pyridine rings is 1. The van der Waals surface area contributed by atoms with Crippen LogP contribution in [0.3, 0.4) is 0 Å². The summed E-state index contributed by atoms with van der Waals surface area (Å²) in [5, 5.41) is 0. The normalized spacial score (nSPS) is 10.3. The van der Waals surface area contributed by atoms with Gasteiger partial charge in [-0.15, -0.1) is 27.7 Å². The molecule has 0 N–H and O–H groups in total. The predicted molar refractivity (Wildman–Crippen MR) is 87.3 cm³/mol. The summed E-state index contributed by atoms with van der Waals surface area (Å²) in [5.41, 5.74) is -0.581. The molecule has 0 atom stereocenters. The van der Waals surface area contributed by atoms with Gasteiger partial charge in [0.05, 0.1) is 11.6 Å². The Morgan fingerprint density at radius 3 is 2.48 bits per heavy atom. The van der Waals surface area contributed by atoms with Gasteiger partial charge in [-0.1, -0.05) is 5.69 Å². The van der Waals surface area contributed by atoms with E-state index in [9.17, 15) is 13.6 Å². The molecule has 2 aromatic rings. The molecule has 0 unspecified atom stereocenters. The van der Waals surface area contributed by atoms with Crippen molar-refractivity contribution in [1.29, 1.82) is 0 Å². The van der Waals surface area contributed by atoms with Crippen molar-refractivity contribution in [3.05, 3.63) is 50.7 Å². The molecular formula is C15H13BrF2NO2SY-. The van der Waals surface area contributed by atoms with E-state index in [1.165, 1.54) is 22.4 Å². The molecule has 3 nitrogen and oxygen atoms in total. The van der Waals surface area contributed by atoms with Gasteiger partial charge in [-0.2, -0.15) is 12.1 Å². The number of benzene rings is 1. The number of hydrogen-bond donors (Lipinski definition) is 0. The molecule has 1 heterocycles. The third kappa shape index (κ3) is 4.65. The van der Waals surface area contributed by atoms with Gasteiger partial charge in [0.1, 0.15) is 11.7 Å². The van der Waals surface area contributed by atoms with Crippen molar-refractivity contribution in [3.63, 3.8) is 0 Å². The standard InChI is InChI=1S/C15H13BrF2NO2S.Y/c1-3-19-13(5-4-10(16)15(19)20)14-11(17)6-9(7-12(14)18)21-8-22-2;/h4,6-7H,3,8H2,1-2H3;/q-1;. The van der Waals surface area contributed by atoms with Crippen LogP contribution in [-0.4, -0.2) is 16.8 Å². The first-order chi connectivity index (χ1) is 10.5. The minimum atomic E-state index is -0.795. The van der Waals surface area contributed by atoms with E-state index in [0.29, 0.717) is 10.4 Å². The zero-order chi connectivity index (χ0) is 16.3. The second-order valence-electron chi connectivity index (χ2n) is 4.35. The molecular weight excluding hydrogens is 465 g/mol. The fourth-order valence-electron chi connectivity index (χ4n) is 2.00. The Bertz CT molecular complexity index is 732. The minimum absolute atomic E-state index is 0. The average molecular weight is 478 g/mol. The van der Waals surface area contributed by atoms with Gasteiger partial charge in [-0.05, 0) is 23.2 Å². The molecule has 0 saturated carbocycles. The molecule has 0 spiro atoms. The van der Waals surface area contributed by atoms with Crippen molar-refractivity contribution >= 4 is 27.7 Å². The zero-order valence-electron chi connectivity index (χ0n) is 12.5. The second kappa shape index (κ2) is 9.30. The molecule has 1 aromatic heterocycles. The SMILES string of the molecule is CCn1c(-c2c(F)cc(OCSC)cc2F)[c-]cc(Br)c1=O.[Y]. The van der Waals surface area contributed by atoms with E-state index in [1.807, 2.05) is 6.26 Å². The summed E-state index contributed by atoms with van der Waals surface area (Å²) in [6.07, 6.45) is 1.82. The van der Waals surface area contributed by atoms with Crippen LogP contribution in [0.25, 0.3) is 11.3 Å². The van der Waals surface area contributed by atoms with Crippen molar-refractivity contribution in [2.75, 3.05) is 12.2 Å². The Kier molecular flexibility index (Phi) is 8.41. The van der Waals surface area contributed by atoms with Crippen molar-refractivity contribution in [3.8, 4) is 17.0 Å². The summed E-state index contributed by atoms with van der Waals surface area (Å²) < 4.78 is 35.3. The summed E-state index contributed by atoms with van der Waals surface area (Å²) in [6, 6.07) is 6.32. The van der Waals surface area contributed by atoms with Crippen LogP contribution in [0.15, 0.2) is 27.5 Å². The minimum Gasteiger partial charge on any atom is -0.483 e. The fourth-order valence-corrected chi connectivity index (χ4v) is 2.58. The first kappa shape index (κ1) is 20.8. The molecule has 0 fully saturated rings. The molecule has 2 rings (SSSR count). The number of nitrogens with zero attached hydrogens (tertiary/aromatic N) is 1. The van der Waals surface area contributed by atoms with E-state index in [-0.39, 0.29) is 61.8 Å². The van der Waals surface area contributed by atoms with E-state index in [1.54, 1.807) is 6.92 Å². The molecule has 0 amide bonds. The van der Waals surface area contributed by atoms with Gasteiger partial charge in [-0.25, -0.2) is 8.78 Å². The van der Waals surface area contributed by atoms with Crippen molar-refractivity contribution in [2.24, 2.45) is 0 Å². The maximum atomic E-state index is 14.3. The molecule has 0 aliphatic heterocycles. The van der Waals surface area contributed by atoms with Gasteiger partial charge in [0.25, 0.3) is 0 Å². The van der Waals surface area contributed by atoms with Crippen LogP contribution < -0.4 is 10.3 Å². The Morgan fingerprint density at radius 2 is 1.96 bits per heavy atom. The smallest absolute Gasteiger partial charge is 0.208 e. The maximum Gasteiger partial charge on any atom is 0.208 e. The first-order valence-corrected chi connectivity index (χ1v) is 8.60. The molecule has 121 valence electrons. The summed E-state index contributed by atoms with van der Waals surface area (Å²) in [5.74, 6) is -1.19. The van der Waals surface area contributed by atoms with Crippen molar-refractivity contribution < 1.29 is 46.2 Å². The van der Waals surface area contributed by atoms with E-state index >= 15 is 0 Å². The van der Waals surface area contributed by atoms with Gasteiger partial charge in [0.15, 0.2) is 0 Å². The summed E-state index contributed by atoms with van der Waals surface area (Å²) in [7, 11) is 0. The number of aromatic nitrogens is 1. The molecule has 0 aliphatic rings. The largest absolute Gasteiger partial charge is 0.483 e. The van der Waals surface area contributed by atoms with Crippen LogP contribution in [0.2, 0.25) is 0 Å². The van der Waals surface area contributed by atoms with E-state index < -0.39 is 11.6 Å². The summed E-state index contributed by atoms with van der Waals surface area (Å²) >= 11 is 4.49. The van der Waals surface area contributed by atoms with E-state index in [4.69, 9.17) is 4.74 Å². The third-order valence-electron chi connectivity index (χ3n) is 2.97. The molecule has 1 aromatic carbocycles. The molecule has 0 aliphatic carbocycles. The quantitative estimate of drug-likeness (QED) is 0.480. The van der Waals surface area contributed by atoms with Crippen LogP contribution in [0.5, 0.6) is 5.75 Å².